The SMILES string of the molecule is NNc1ncn(-c2cccnc2)c(=O)n1.c1cc2ccc1-2. The van der Waals surface area contributed by atoms with Crippen LogP contribution in [0.15, 0.2) is 59.9 Å². The predicted octanol–water partition coefficient (Wildman–Crippen LogP) is 0.975. The van der Waals surface area contributed by atoms with Crippen molar-refractivity contribution in [3.8, 4) is 16.8 Å². The molecular weight excluding hydrogens is 268 g/mol. The summed E-state index contributed by atoms with van der Waals surface area (Å²) in [5.74, 6) is 5.16. The van der Waals surface area contributed by atoms with E-state index in [-0.39, 0.29) is 5.95 Å². The molecule has 2 aliphatic carbocycles. The van der Waals surface area contributed by atoms with Crippen LogP contribution in [0, 0.1) is 0 Å². The highest BCUT2D eigenvalue weighted by atomic mass is 16.1. The van der Waals surface area contributed by atoms with Gasteiger partial charge in [0.2, 0.25) is 5.95 Å². The van der Waals surface area contributed by atoms with Crippen LogP contribution in [-0.4, -0.2) is 19.5 Å². The Hall–Kier alpha value is -3.06. The lowest BCUT2D eigenvalue weighted by molar-refractivity contribution is 0.854. The number of hydrogen-bond acceptors (Lipinski definition) is 6. The number of benzene rings is 1. The second kappa shape index (κ2) is 5.51. The van der Waals surface area contributed by atoms with Crippen LogP contribution in [0.3, 0.4) is 0 Å². The van der Waals surface area contributed by atoms with Crippen molar-refractivity contribution in [2.24, 2.45) is 5.84 Å². The quantitative estimate of drug-likeness (QED) is 0.419. The topological polar surface area (TPSA) is 98.7 Å². The van der Waals surface area contributed by atoms with Gasteiger partial charge in [0.15, 0.2) is 0 Å². The zero-order chi connectivity index (χ0) is 14.7. The van der Waals surface area contributed by atoms with Crippen molar-refractivity contribution in [3.63, 3.8) is 0 Å². The van der Waals surface area contributed by atoms with Crippen LogP contribution in [0.1, 0.15) is 0 Å². The maximum atomic E-state index is 11.5. The highest BCUT2D eigenvalue weighted by molar-refractivity contribution is 5.75. The number of nitrogen functional groups attached to an aromatic ring is 1. The summed E-state index contributed by atoms with van der Waals surface area (Å²) in [6.07, 6.45) is 4.49. The summed E-state index contributed by atoms with van der Waals surface area (Å²) in [6, 6.07) is 11.9. The average molecular weight is 280 g/mol. The maximum absolute atomic E-state index is 11.5. The zero-order valence-electron chi connectivity index (χ0n) is 11.0. The third-order valence-electron chi connectivity index (χ3n) is 2.97. The minimum atomic E-state index is -0.467. The molecule has 7 heteroatoms. The first-order valence-electron chi connectivity index (χ1n) is 6.21. The summed E-state index contributed by atoms with van der Waals surface area (Å²) in [7, 11) is 0. The van der Waals surface area contributed by atoms with Gasteiger partial charge in [0.05, 0.1) is 11.9 Å². The van der Waals surface area contributed by atoms with E-state index in [1.165, 1.54) is 22.0 Å². The van der Waals surface area contributed by atoms with Crippen molar-refractivity contribution >= 4 is 5.95 Å². The number of nitrogens with one attached hydrogen (secondary N) is 1. The fourth-order valence-electron chi connectivity index (χ4n) is 1.74. The zero-order valence-corrected chi connectivity index (χ0v) is 11.0. The van der Waals surface area contributed by atoms with Crippen LogP contribution < -0.4 is 17.0 Å². The molecule has 0 saturated carbocycles. The number of fused-ring (bicyclic) bond motifs is 1. The predicted molar refractivity (Wildman–Crippen MR) is 78.7 cm³/mol. The molecule has 0 amide bonds. The Morgan fingerprint density at radius 3 is 2.24 bits per heavy atom. The number of hydrogen-bond donors (Lipinski definition) is 2. The Labute approximate surface area is 120 Å². The highest BCUT2D eigenvalue weighted by Gasteiger charge is 2.04. The van der Waals surface area contributed by atoms with Crippen molar-refractivity contribution in [2.75, 3.05) is 5.43 Å². The Bertz CT molecular complexity index is 777. The van der Waals surface area contributed by atoms with Gasteiger partial charge >= 0.3 is 5.69 Å². The van der Waals surface area contributed by atoms with Crippen molar-refractivity contribution in [1.82, 2.24) is 19.5 Å². The van der Waals surface area contributed by atoms with Crippen molar-refractivity contribution < 1.29 is 0 Å². The van der Waals surface area contributed by atoms with Crippen LogP contribution in [0.5, 0.6) is 0 Å². The van der Waals surface area contributed by atoms with Gasteiger partial charge in [0.1, 0.15) is 6.33 Å². The molecule has 0 spiro atoms. The molecule has 2 aromatic rings. The minimum absolute atomic E-state index is 0.0835. The van der Waals surface area contributed by atoms with E-state index in [1.807, 2.05) is 0 Å². The fourth-order valence-corrected chi connectivity index (χ4v) is 1.74. The van der Waals surface area contributed by atoms with E-state index in [9.17, 15) is 4.79 Å². The Balaban J connectivity index is 0.000000180. The third kappa shape index (κ3) is 2.63. The van der Waals surface area contributed by atoms with Gasteiger partial charge in [-0.15, -0.1) is 0 Å². The van der Waals surface area contributed by atoms with Crippen LogP contribution in [0.4, 0.5) is 5.95 Å². The molecule has 3 N–H and O–H groups in total. The van der Waals surface area contributed by atoms with Crippen molar-refractivity contribution in [1.29, 1.82) is 0 Å². The second-order valence-corrected chi connectivity index (χ2v) is 4.27. The summed E-state index contributed by atoms with van der Waals surface area (Å²) in [5.41, 5.74) is 5.18. The summed E-state index contributed by atoms with van der Waals surface area (Å²) < 4.78 is 1.27. The molecule has 0 bridgehead atoms. The van der Waals surface area contributed by atoms with E-state index in [2.05, 4.69) is 44.6 Å². The number of hydrazine groups is 1. The molecule has 0 aromatic carbocycles. The maximum Gasteiger partial charge on any atom is 0.356 e. The van der Waals surface area contributed by atoms with Crippen LogP contribution in [0.25, 0.3) is 16.8 Å². The third-order valence-corrected chi connectivity index (χ3v) is 2.97. The molecule has 0 unspecified atom stereocenters. The lowest BCUT2D eigenvalue weighted by atomic mass is 9.95. The van der Waals surface area contributed by atoms with Crippen LogP contribution >= 0.6 is 0 Å². The Kier molecular flexibility index (Phi) is 3.40. The number of rotatable bonds is 2. The summed E-state index contributed by atoms with van der Waals surface area (Å²) in [4.78, 5) is 22.8. The number of pyridine rings is 1. The highest BCUT2D eigenvalue weighted by Crippen LogP contribution is 2.29. The molecule has 104 valence electrons. The van der Waals surface area contributed by atoms with E-state index in [0.717, 1.165) is 0 Å². The van der Waals surface area contributed by atoms with E-state index < -0.39 is 5.69 Å². The van der Waals surface area contributed by atoms with Crippen LogP contribution in [0.2, 0.25) is 0 Å². The largest absolute Gasteiger partial charge is 0.356 e. The molecule has 7 nitrogen and oxygen atoms in total. The number of anilines is 1. The number of nitrogens with two attached hydrogens (primary N) is 1. The lowest BCUT2D eigenvalue weighted by Gasteiger charge is -2.10. The Morgan fingerprint density at radius 1 is 1.10 bits per heavy atom. The van der Waals surface area contributed by atoms with Gasteiger partial charge in [0.25, 0.3) is 0 Å². The first kappa shape index (κ1) is 12.9. The van der Waals surface area contributed by atoms with E-state index >= 15 is 0 Å². The molecule has 0 atom stereocenters. The van der Waals surface area contributed by atoms with Crippen molar-refractivity contribution in [3.05, 3.63) is 65.6 Å². The summed E-state index contributed by atoms with van der Waals surface area (Å²) >= 11 is 0. The van der Waals surface area contributed by atoms with Gasteiger partial charge in [0, 0.05) is 6.20 Å². The normalized spacial score (nSPS) is 10.3. The first-order valence-corrected chi connectivity index (χ1v) is 6.21. The number of aromatic nitrogens is 4. The molecule has 4 rings (SSSR count). The molecule has 0 radical (unpaired) electrons. The lowest BCUT2D eigenvalue weighted by Crippen LogP contribution is -2.25. The van der Waals surface area contributed by atoms with Gasteiger partial charge in [-0.1, -0.05) is 24.3 Å². The molecular formula is C14H12N6O. The number of nitrogens with zero attached hydrogens (tertiary/aromatic N) is 4. The molecule has 2 aromatic heterocycles. The molecule has 2 heterocycles. The average Bonchev–Trinajstić information content (AvgIpc) is 2.52. The van der Waals surface area contributed by atoms with E-state index in [0.29, 0.717) is 5.69 Å². The molecule has 2 aliphatic rings. The minimum Gasteiger partial charge on any atom is -0.292 e. The van der Waals surface area contributed by atoms with Gasteiger partial charge < -0.3 is 0 Å². The van der Waals surface area contributed by atoms with Gasteiger partial charge in [-0.25, -0.2) is 20.2 Å². The Morgan fingerprint density at radius 2 is 1.81 bits per heavy atom. The molecule has 21 heavy (non-hydrogen) atoms. The van der Waals surface area contributed by atoms with Gasteiger partial charge in [-0.05, 0) is 23.3 Å². The molecule has 0 fully saturated rings. The summed E-state index contributed by atoms with van der Waals surface area (Å²) in [6.45, 7) is 0. The van der Waals surface area contributed by atoms with Gasteiger partial charge in [-0.2, -0.15) is 4.98 Å². The second-order valence-electron chi connectivity index (χ2n) is 4.27. The van der Waals surface area contributed by atoms with E-state index in [1.54, 1.807) is 24.5 Å². The van der Waals surface area contributed by atoms with Gasteiger partial charge in [-0.3, -0.25) is 10.4 Å². The monoisotopic (exact) mass is 280 g/mol. The fraction of sp³-hybridized carbons (Fsp3) is 0. The van der Waals surface area contributed by atoms with Crippen LogP contribution in [-0.2, 0) is 0 Å². The van der Waals surface area contributed by atoms with Crippen molar-refractivity contribution in [2.45, 2.75) is 0 Å². The standard InChI is InChI=1S/C8H8N6O.C6H4/c9-13-7-11-5-14(8(15)12-7)6-2-1-3-10-4-6;1-2-6-4-3-5(1)6/h1-5H,9H2,(H,12,13,15);1-4H. The summed E-state index contributed by atoms with van der Waals surface area (Å²) in [5, 5.41) is 0. The smallest absolute Gasteiger partial charge is 0.292 e. The first-order chi connectivity index (χ1) is 10.3. The molecule has 0 aliphatic heterocycles. The molecule has 0 saturated heterocycles. The van der Waals surface area contributed by atoms with E-state index in [4.69, 9.17) is 5.84 Å².